The molecule has 0 aliphatic heterocycles. The number of halogens is 4. The molecule has 1 aromatic heterocycles. The quantitative estimate of drug-likeness (QED) is 0.672. The fraction of sp³-hybridized carbons (Fsp3) is 0.286. The van der Waals surface area contributed by atoms with Crippen LogP contribution in [-0.4, -0.2) is 4.98 Å². The molecule has 0 fully saturated rings. The van der Waals surface area contributed by atoms with Gasteiger partial charge in [0.05, 0.1) is 11.9 Å². The smallest absolute Gasteiger partial charge is 0.266 e. The molecule has 1 rings (SSSR count). The van der Waals surface area contributed by atoms with Crippen molar-refractivity contribution in [2.45, 2.75) is 11.8 Å². The first-order chi connectivity index (χ1) is 6.07. The van der Waals surface area contributed by atoms with E-state index in [1.807, 2.05) is 0 Å². The molecule has 0 radical (unpaired) electrons. The van der Waals surface area contributed by atoms with E-state index < -0.39 is 6.43 Å². The minimum Gasteiger partial charge on any atom is -0.397 e. The molecule has 72 valence electrons. The Morgan fingerprint density at radius 3 is 2.54 bits per heavy atom. The number of rotatable bonds is 2. The van der Waals surface area contributed by atoms with E-state index >= 15 is 0 Å². The first-order valence-electron chi connectivity index (χ1n) is 3.34. The van der Waals surface area contributed by atoms with Gasteiger partial charge in [0.2, 0.25) is 0 Å². The van der Waals surface area contributed by atoms with E-state index in [4.69, 9.17) is 5.73 Å². The number of anilines is 1. The maximum Gasteiger partial charge on any atom is 0.266 e. The van der Waals surface area contributed by atoms with E-state index in [2.05, 4.69) is 36.8 Å². The third-order valence-corrected chi connectivity index (χ3v) is 2.80. The third kappa shape index (κ3) is 2.17. The fourth-order valence-electron chi connectivity index (χ4n) is 0.944. The number of hydrogen-bond donors (Lipinski definition) is 1. The summed E-state index contributed by atoms with van der Waals surface area (Å²) in [4.78, 5) is 3.82. The van der Waals surface area contributed by atoms with Crippen molar-refractivity contribution in [1.29, 1.82) is 0 Å². The first-order valence-corrected chi connectivity index (χ1v) is 5.26. The van der Waals surface area contributed by atoms with Crippen LogP contribution in [0, 0.1) is 0 Å². The van der Waals surface area contributed by atoms with Crippen molar-refractivity contribution >= 4 is 37.5 Å². The molecule has 2 nitrogen and oxygen atoms in total. The van der Waals surface area contributed by atoms with Gasteiger partial charge in [-0.3, -0.25) is 0 Å². The molecule has 1 heterocycles. The molecule has 0 saturated heterocycles. The van der Waals surface area contributed by atoms with Crippen LogP contribution in [0.25, 0.3) is 0 Å². The summed E-state index contributed by atoms with van der Waals surface area (Å²) in [5.41, 5.74) is 5.65. The molecule has 0 aliphatic rings. The van der Waals surface area contributed by atoms with Gasteiger partial charge in [0.1, 0.15) is 4.60 Å². The number of nitrogens with zero attached hydrogens (tertiary/aromatic N) is 1. The van der Waals surface area contributed by atoms with Crippen molar-refractivity contribution in [3.63, 3.8) is 0 Å². The number of nitrogen functional groups attached to an aromatic ring is 1. The maximum absolute atomic E-state index is 12.5. The van der Waals surface area contributed by atoms with E-state index in [-0.39, 0.29) is 11.3 Å². The van der Waals surface area contributed by atoms with Crippen LogP contribution in [-0.2, 0) is 5.33 Å². The van der Waals surface area contributed by atoms with Crippen molar-refractivity contribution < 1.29 is 8.78 Å². The van der Waals surface area contributed by atoms with Gasteiger partial charge in [-0.1, -0.05) is 15.9 Å². The predicted molar refractivity (Wildman–Crippen MR) is 53.9 cm³/mol. The highest BCUT2D eigenvalue weighted by molar-refractivity contribution is 9.10. The number of pyridine rings is 1. The number of hydrogen-bond acceptors (Lipinski definition) is 2. The zero-order valence-electron chi connectivity index (χ0n) is 6.40. The van der Waals surface area contributed by atoms with Crippen LogP contribution >= 0.6 is 31.9 Å². The summed E-state index contributed by atoms with van der Waals surface area (Å²) in [5, 5.41) is 0.297. The summed E-state index contributed by atoms with van der Waals surface area (Å²) in [5.74, 6) is 0. The van der Waals surface area contributed by atoms with Crippen LogP contribution < -0.4 is 5.73 Å². The molecule has 1 aromatic rings. The van der Waals surface area contributed by atoms with E-state index in [1.54, 1.807) is 0 Å². The monoisotopic (exact) mass is 314 g/mol. The Hall–Kier alpha value is -0.230. The van der Waals surface area contributed by atoms with Gasteiger partial charge in [-0.05, 0) is 15.9 Å². The Morgan fingerprint density at radius 2 is 2.15 bits per heavy atom. The summed E-state index contributed by atoms with van der Waals surface area (Å²) >= 11 is 6.18. The van der Waals surface area contributed by atoms with Gasteiger partial charge in [-0.15, -0.1) is 0 Å². The zero-order valence-corrected chi connectivity index (χ0v) is 9.57. The normalized spacial score (nSPS) is 10.8. The highest BCUT2D eigenvalue weighted by Crippen LogP contribution is 2.33. The van der Waals surface area contributed by atoms with Crippen LogP contribution in [0.1, 0.15) is 17.6 Å². The Labute approximate surface area is 90.8 Å². The summed E-state index contributed by atoms with van der Waals surface area (Å²) in [7, 11) is 0. The van der Waals surface area contributed by atoms with Crippen molar-refractivity contribution in [2.75, 3.05) is 5.73 Å². The fourth-order valence-corrected chi connectivity index (χ4v) is 2.34. The highest BCUT2D eigenvalue weighted by Gasteiger charge is 2.18. The number of aromatic nitrogens is 1. The van der Waals surface area contributed by atoms with Gasteiger partial charge >= 0.3 is 0 Å². The Morgan fingerprint density at radius 1 is 1.54 bits per heavy atom. The van der Waals surface area contributed by atoms with E-state index in [9.17, 15) is 8.78 Å². The van der Waals surface area contributed by atoms with E-state index in [0.29, 0.717) is 15.5 Å². The van der Waals surface area contributed by atoms with E-state index in [1.165, 1.54) is 6.20 Å². The van der Waals surface area contributed by atoms with Gasteiger partial charge in [-0.2, -0.15) is 0 Å². The number of nitrogens with two attached hydrogens (primary N) is 1. The molecule has 6 heteroatoms. The molecule has 0 atom stereocenters. The lowest BCUT2D eigenvalue weighted by Crippen LogP contribution is -2.02. The second kappa shape index (κ2) is 4.32. The maximum atomic E-state index is 12.5. The molecule has 0 amide bonds. The van der Waals surface area contributed by atoms with Crippen molar-refractivity contribution in [3.8, 4) is 0 Å². The molecular weight excluding hydrogens is 310 g/mol. The van der Waals surface area contributed by atoms with Gasteiger partial charge in [0, 0.05) is 16.5 Å². The van der Waals surface area contributed by atoms with Crippen LogP contribution in [0.5, 0.6) is 0 Å². The highest BCUT2D eigenvalue weighted by atomic mass is 79.9. The lowest BCUT2D eigenvalue weighted by Gasteiger charge is -2.10. The van der Waals surface area contributed by atoms with Crippen molar-refractivity contribution in [2.24, 2.45) is 0 Å². The van der Waals surface area contributed by atoms with Crippen LogP contribution in [0.3, 0.4) is 0 Å². The minimum atomic E-state index is -2.58. The SMILES string of the molecule is Nc1cnc(Br)c(CBr)c1C(F)F. The average molecular weight is 316 g/mol. The number of alkyl halides is 3. The predicted octanol–water partition coefficient (Wildman–Crippen LogP) is 3.26. The molecule has 2 N–H and O–H groups in total. The molecule has 0 bridgehead atoms. The van der Waals surface area contributed by atoms with Gasteiger partial charge in [0.25, 0.3) is 6.43 Å². The Kier molecular flexibility index (Phi) is 3.61. The lowest BCUT2D eigenvalue weighted by molar-refractivity contribution is 0.151. The Balaban J connectivity index is 3.35. The molecular formula is C7H6Br2F2N2. The van der Waals surface area contributed by atoms with Gasteiger partial charge in [0.15, 0.2) is 0 Å². The summed E-state index contributed by atoms with van der Waals surface area (Å²) < 4.78 is 25.4. The molecule has 0 unspecified atom stereocenters. The van der Waals surface area contributed by atoms with Gasteiger partial charge < -0.3 is 5.73 Å². The third-order valence-electron chi connectivity index (χ3n) is 1.55. The second-order valence-electron chi connectivity index (χ2n) is 2.33. The van der Waals surface area contributed by atoms with Crippen LogP contribution in [0.15, 0.2) is 10.8 Å². The molecule has 0 spiro atoms. The molecule has 0 aliphatic carbocycles. The standard InChI is InChI=1S/C7H6Br2F2N2/c8-1-3-5(7(10)11)4(12)2-13-6(3)9/h2,7H,1,12H2. The second-order valence-corrected chi connectivity index (χ2v) is 3.64. The molecule has 0 aromatic carbocycles. The largest absolute Gasteiger partial charge is 0.397 e. The lowest BCUT2D eigenvalue weighted by atomic mass is 10.1. The molecule has 0 saturated carbocycles. The zero-order chi connectivity index (χ0) is 10.0. The average Bonchev–Trinajstić information content (AvgIpc) is 2.07. The van der Waals surface area contributed by atoms with Crippen molar-refractivity contribution in [3.05, 3.63) is 21.9 Å². The summed E-state index contributed by atoms with van der Waals surface area (Å²) in [6.07, 6.45) is -1.36. The van der Waals surface area contributed by atoms with Crippen molar-refractivity contribution in [1.82, 2.24) is 4.98 Å². The van der Waals surface area contributed by atoms with E-state index in [0.717, 1.165) is 0 Å². The summed E-state index contributed by atoms with van der Waals surface area (Å²) in [6, 6.07) is 0. The topological polar surface area (TPSA) is 38.9 Å². The van der Waals surface area contributed by atoms with Gasteiger partial charge in [-0.25, -0.2) is 13.8 Å². The Bertz CT molecular complexity index is 318. The first kappa shape index (κ1) is 10.8. The molecule has 13 heavy (non-hydrogen) atoms. The van der Waals surface area contributed by atoms with Crippen LogP contribution in [0.4, 0.5) is 14.5 Å². The minimum absolute atomic E-state index is 0.0210. The van der Waals surface area contributed by atoms with Crippen LogP contribution in [0.2, 0.25) is 0 Å². The summed E-state index contributed by atoms with van der Waals surface area (Å²) in [6.45, 7) is 0.